The van der Waals surface area contributed by atoms with Crippen LogP contribution < -0.4 is 5.32 Å². The van der Waals surface area contributed by atoms with E-state index in [-0.39, 0.29) is 24.3 Å². The van der Waals surface area contributed by atoms with Gasteiger partial charge < -0.3 is 20.1 Å². The number of carboxylic acids is 1. The second-order valence-corrected chi connectivity index (χ2v) is 5.55. The third kappa shape index (κ3) is 4.91. The Hall–Kier alpha value is -1.79. The van der Waals surface area contributed by atoms with Crippen LogP contribution in [0, 0.1) is 11.8 Å². The lowest BCUT2D eigenvalue weighted by molar-refractivity contribution is -0.149. The van der Waals surface area contributed by atoms with Crippen LogP contribution in [0.25, 0.3) is 0 Å². The minimum Gasteiger partial charge on any atom is -0.480 e. The number of hydrogen-bond donors (Lipinski definition) is 2. The molecule has 0 spiro atoms. The van der Waals surface area contributed by atoms with Crippen LogP contribution >= 0.6 is 0 Å². The number of urea groups is 1. The lowest BCUT2D eigenvalue weighted by atomic mass is 9.98. The number of amides is 2. The van der Waals surface area contributed by atoms with Crippen molar-refractivity contribution in [2.24, 2.45) is 11.8 Å². The van der Waals surface area contributed by atoms with Gasteiger partial charge in [-0.3, -0.25) is 4.79 Å². The van der Waals surface area contributed by atoms with Crippen LogP contribution in [0.3, 0.4) is 0 Å². The van der Waals surface area contributed by atoms with Crippen LogP contribution in [-0.4, -0.2) is 53.7 Å². The van der Waals surface area contributed by atoms with Crippen molar-refractivity contribution in [2.45, 2.75) is 39.7 Å². The minimum absolute atomic E-state index is 0.211. The Morgan fingerprint density at radius 2 is 2.05 bits per heavy atom. The summed E-state index contributed by atoms with van der Waals surface area (Å²) in [7, 11) is 0. The number of esters is 1. The maximum atomic E-state index is 12.1. The smallest absolute Gasteiger partial charge is 0.326 e. The minimum atomic E-state index is -1.06. The second kappa shape index (κ2) is 7.85. The Balaban J connectivity index is 2.61. The average Bonchev–Trinajstić information content (AvgIpc) is 2.44. The lowest BCUT2D eigenvalue weighted by Crippen LogP contribution is -2.53. The van der Waals surface area contributed by atoms with Crippen molar-refractivity contribution in [1.29, 1.82) is 0 Å². The zero-order valence-corrected chi connectivity index (χ0v) is 12.8. The Bertz CT molecular complexity index is 397. The normalized spacial score (nSPS) is 20.0. The molecule has 0 aromatic carbocycles. The lowest BCUT2D eigenvalue weighted by Gasteiger charge is -2.32. The molecule has 2 amide bonds. The maximum absolute atomic E-state index is 12.1. The van der Waals surface area contributed by atoms with E-state index in [1.165, 1.54) is 4.90 Å². The molecule has 1 rings (SSSR count). The van der Waals surface area contributed by atoms with Gasteiger partial charge in [-0.05, 0) is 25.7 Å². The summed E-state index contributed by atoms with van der Waals surface area (Å²) in [4.78, 5) is 36.5. The molecule has 7 heteroatoms. The van der Waals surface area contributed by atoms with Crippen molar-refractivity contribution in [3.8, 4) is 0 Å². The number of carboxylic acid groups (broad SMARTS) is 1. The summed E-state index contributed by atoms with van der Waals surface area (Å²) in [5, 5.41) is 11.6. The number of ether oxygens (including phenoxy) is 1. The fourth-order valence-corrected chi connectivity index (χ4v) is 2.35. The van der Waals surface area contributed by atoms with Crippen LogP contribution in [0.5, 0.6) is 0 Å². The molecule has 1 unspecified atom stereocenters. The van der Waals surface area contributed by atoms with Crippen molar-refractivity contribution in [2.75, 3.05) is 19.7 Å². The highest BCUT2D eigenvalue weighted by molar-refractivity contribution is 5.83. The monoisotopic (exact) mass is 300 g/mol. The third-order valence-electron chi connectivity index (χ3n) is 3.54. The van der Waals surface area contributed by atoms with Crippen molar-refractivity contribution in [3.05, 3.63) is 0 Å². The quantitative estimate of drug-likeness (QED) is 0.741. The van der Waals surface area contributed by atoms with Gasteiger partial charge in [-0.2, -0.15) is 0 Å². The molecule has 2 N–H and O–H groups in total. The van der Waals surface area contributed by atoms with Crippen molar-refractivity contribution >= 4 is 18.0 Å². The van der Waals surface area contributed by atoms with Gasteiger partial charge in [-0.1, -0.05) is 13.8 Å². The third-order valence-corrected chi connectivity index (χ3v) is 3.54. The van der Waals surface area contributed by atoms with E-state index in [4.69, 9.17) is 9.84 Å². The highest BCUT2D eigenvalue weighted by atomic mass is 16.5. The molecule has 2 atom stereocenters. The number of rotatable bonds is 5. The molecule has 1 heterocycles. The number of hydrogen-bond acceptors (Lipinski definition) is 4. The number of carbonyl (C=O) groups excluding carboxylic acids is 2. The topological polar surface area (TPSA) is 95.9 Å². The molecular weight excluding hydrogens is 276 g/mol. The Morgan fingerprint density at radius 1 is 1.38 bits per heavy atom. The summed E-state index contributed by atoms with van der Waals surface area (Å²) >= 11 is 0. The Kier molecular flexibility index (Phi) is 6.45. The number of carbonyl (C=O) groups is 3. The fraction of sp³-hybridized carbons (Fsp3) is 0.786. The van der Waals surface area contributed by atoms with Crippen LogP contribution in [0.4, 0.5) is 4.79 Å². The number of piperidine rings is 1. The molecule has 0 bridgehead atoms. The first-order chi connectivity index (χ1) is 9.86. The largest absolute Gasteiger partial charge is 0.480 e. The molecule has 0 saturated carbocycles. The van der Waals surface area contributed by atoms with Crippen LogP contribution in [0.2, 0.25) is 0 Å². The molecular formula is C14H24N2O5. The molecule has 120 valence electrons. The molecule has 7 nitrogen and oxygen atoms in total. The van der Waals surface area contributed by atoms with Gasteiger partial charge in [-0.15, -0.1) is 0 Å². The molecule has 0 aliphatic carbocycles. The van der Waals surface area contributed by atoms with Gasteiger partial charge >= 0.3 is 18.0 Å². The first-order valence-corrected chi connectivity index (χ1v) is 7.31. The highest BCUT2D eigenvalue weighted by Gasteiger charge is 2.31. The number of nitrogens with one attached hydrogen (secondary N) is 1. The fourth-order valence-electron chi connectivity index (χ4n) is 2.35. The summed E-state index contributed by atoms with van der Waals surface area (Å²) in [6.07, 6.45) is 1.39. The van der Waals surface area contributed by atoms with E-state index in [0.717, 1.165) is 0 Å². The van der Waals surface area contributed by atoms with E-state index < -0.39 is 18.0 Å². The van der Waals surface area contributed by atoms with Gasteiger partial charge in [0.2, 0.25) is 0 Å². The summed E-state index contributed by atoms with van der Waals surface area (Å²) in [5.74, 6) is -1.89. The van der Waals surface area contributed by atoms with E-state index in [2.05, 4.69) is 5.32 Å². The second-order valence-electron chi connectivity index (χ2n) is 5.55. The first kappa shape index (κ1) is 17.3. The average molecular weight is 300 g/mol. The number of nitrogens with zero attached hydrogens (tertiary/aromatic N) is 1. The van der Waals surface area contributed by atoms with E-state index in [9.17, 15) is 14.4 Å². The predicted octanol–water partition coefficient (Wildman–Crippen LogP) is 1.08. The van der Waals surface area contributed by atoms with Gasteiger partial charge in [0.15, 0.2) is 0 Å². The Labute approximate surface area is 124 Å². The molecule has 1 aliphatic heterocycles. The molecule has 0 aromatic rings. The molecule has 1 fully saturated rings. The summed E-state index contributed by atoms with van der Waals surface area (Å²) in [5.41, 5.74) is 0. The predicted molar refractivity (Wildman–Crippen MR) is 75.7 cm³/mol. The summed E-state index contributed by atoms with van der Waals surface area (Å²) < 4.78 is 4.98. The van der Waals surface area contributed by atoms with Crippen molar-refractivity contribution in [1.82, 2.24) is 10.2 Å². The Morgan fingerprint density at radius 3 is 2.57 bits per heavy atom. The van der Waals surface area contributed by atoms with Gasteiger partial charge in [0, 0.05) is 13.1 Å². The molecule has 1 saturated heterocycles. The SMILES string of the molecule is CCOC(=O)C1CCCN(C(=O)N[C@@H](C(=O)O)C(C)C)C1. The number of aliphatic carboxylic acids is 1. The summed E-state index contributed by atoms with van der Waals surface area (Å²) in [6.45, 7) is 6.32. The van der Waals surface area contributed by atoms with Gasteiger partial charge in [-0.25, -0.2) is 9.59 Å². The van der Waals surface area contributed by atoms with E-state index in [1.807, 2.05) is 0 Å². The van der Waals surface area contributed by atoms with Crippen LogP contribution in [0.15, 0.2) is 0 Å². The van der Waals surface area contributed by atoms with E-state index >= 15 is 0 Å². The molecule has 0 aromatic heterocycles. The highest BCUT2D eigenvalue weighted by Crippen LogP contribution is 2.18. The van der Waals surface area contributed by atoms with E-state index in [0.29, 0.717) is 26.0 Å². The standard InChI is InChI=1S/C14H24N2O5/c1-4-21-13(19)10-6-5-7-16(8-10)14(20)15-11(9(2)3)12(17)18/h9-11H,4-8H2,1-3H3,(H,15,20)(H,17,18)/t10?,11-/m1/s1. The molecule has 21 heavy (non-hydrogen) atoms. The summed E-state index contributed by atoms with van der Waals surface area (Å²) in [6, 6.07) is -1.37. The van der Waals surface area contributed by atoms with Crippen molar-refractivity contribution in [3.63, 3.8) is 0 Å². The molecule has 1 aliphatic rings. The zero-order valence-electron chi connectivity index (χ0n) is 12.8. The van der Waals surface area contributed by atoms with Crippen molar-refractivity contribution < 1.29 is 24.2 Å². The molecule has 0 radical (unpaired) electrons. The first-order valence-electron chi connectivity index (χ1n) is 7.31. The van der Waals surface area contributed by atoms with Gasteiger partial charge in [0.25, 0.3) is 0 Å². The maximum Gasteiger partial charge on any atom is 0.326 e. The van der Waals surface area contributed by atoms with Gasteiger partial charge in [0.05, 0.1) is 12.5 Å². The number of likely N-dealkylation sites (tertiary alicyclic amines) is 1. The van der Waals surface area contributed by atoms with Crippen LogP contribution in [0.1, 0.15) is 33.6 Å². The van der Waals surface area contributed by atoms with Crippen LogP contribution in [-0.2, 0) is 14.3 Å². The van der Waals surface area contributed by atoms with E-state index in [1.54, 1.807) is 20.8 Å². The van der Waals surface area contributed by atoms with Gasteiger partial charge in [0.1, 0.15) is 6.04 Å². The zero-order chi connectivity index (χ0) is 16.0.